The standard InChI is InChI=1S/C15H28N2O/c1-12-10-17(11-13(12)2)15(18)14(3)16-8-6-4-5-7-9-16/h12-14H,4-11H2,1-3H3/t12-,13+,14-/m1/s1. The van der Waals surface area contributed by atoms with E-state index in [1.54, 1.807) is 0 Å². The highest BCUT2D eigenvalue weighted by Crippen LogP contribution is 2.24. The highest BCUT2D eigenvalue weighted by atomic mass is 16.2. The topological polar surface area (TPSA) is 23.6 Å². The van der Waals surface area contributed by atoms with Crippen LogP contribution in [0.25, 0.3) is 0 Å². The largest absolute Gasteiger partial charge is 0.341 e. The van der Waals surface area contributed by atoms with E-state index in [4.69, 9.17) is 0 Å². The van der Waals surface area contributed by atoms with Crippen LogP contribution in [0.15, 0.2) is 0 Å². The highest BCUT2D eigenvalue weighted by molar-refractivity contribution is 5.81. The molecule has 0 bridgehead atoms. The summed E-state index contributed by atoms with van der Waals surface area (Å²) in [4.78, 5) is 17.0. The first-order chi connectivity index (χ1) is 8.59. The van der Waals surface area contributed by atoms with Gasteiger partial charge in [0.2, 0.25) is 5.91 Å². The van der Waals surface area contributed by atoms with Crippen molar-refractivity contribution in [2.24, 2.45) is 11.8 Å². The second-order valence-electron chi connectivity index (χ2n) is 6.32. The number of carbonyl (C=O) groups is 1. The summed E-state index contributed by atoms with van der Waals surface area (Å²) in [5.41, 5.74) is 0. The van der Waals surface area contributed by atoms with Crippen LogP contribution >= 0.6 is 0 Å². The predicted octanol–water partition coefficient (Wildman–Crippen LogP) is 2.37. The van der Waals surface area contributed by atoms with Crippen molar-refractivity contribution in [2.45, 2.75) is 52.5 Å². The van der Waals surface area contributed by atoms with E-state index in [2.05, 4.69) is 30.6 Å². The quantitative estimate of drug-likeness (QED) is 0.753. The molecule has 0 spiro atoms. The molecule has 1 amide bonds. The van der Waals surface area contributed by atoms with Crippen LogP contribution in [0.2, 0.25) is 0 Å². The lowest BCUT2D eigenvalue weighted by molar-refractivity contribution is -0.135. The fraction of sp³-hybridized carbons (Fsp3) is 0.933. The second kappa shape index (κ2) is 6.05. The molecular formula is C15H28N2O. The summed E-state index contributed by atoms with van der Waals surface area (Å²) in [5, 5.41) is 0. The van der Waals surface area contributed by atoms with Crippen LogP contribution in [0.1, 0.15) is 46.5 Å². The number of hydrogen-bond acceptors (Lipinski definition) is 2. The summed E-state index contributed by atoms with van der Waals surface area (Å²) < 4.78 is 0. The third kappa shape index (κ3) is 3.05. The van der Waals surface area contributed by atoms with Gasteiger partial charge in [0.15, 0.2) is 0 Å². The Hall–Kier alpha value is -0.570. The average Bonchev–Trinajstić information content (AvgIpc) is 2.61. The Bertz CT molecular complexity index is 274. The van der Waals surface area contributed by atoms with Crippen molar-refractivity contribution in [3.8, 4) is 0 Å². The predicted molar refractivity (Wildman–Crippen MR) is 74.4 cm³/mol. The van der Waals surface area contributed by atoms with Gasteiger partial charge in [0, 0.05) is 13.1 Å². The van der Waals surface area contributed by atoms with Crippen molar-refractivity contribution in [2.75, 3.05) is 26.2 Å². The lowest BCUT2D eigenvalue weighted by Gasteiger charge is -2.30. The van der Waals surface area contributed by atoms with Crippen LogP contribution in [-0.4, -0.2) is 47.9 Å². The molecule has 3 atom stereocenters. The maximum atomic E-state index is 12.5. The van der Waals surface area contributed by atoms with Gasteiger partial charge in [-0.05, 0) is 44.7 Å². The third-order valence-electron chi connectivity index (χ3n) is 4.85. The summed E-state index contributed by atoms with van der Waals surface area (Å²) in [5.74, 6) is 1.67. The molecule has 0 N–H and O–H groups in total. The number of nitrogens with zero attached hydrogens (tertiary/aromatic N) is 2. The van der Waals surface area contributed by atoms with Gasteiger partial charge in [0.1, 0.15) is 0 Å². The Balaban J connectivity index is 1.91. The molecule has 0 unspecified atom stereocenters. The molecule has 2 aliphatic rings. The van der Waals surface area contributed by atoms with Gasteiger partial charge in [0.05, 0.1) is 6.04 Å². The Morgan fingerprint density at radius 3 is 2.00 bits per heavy atom. The Morgan fingerprint density at radius 2 is 1.50 bits per heavy atom. The number of likely N-dealkylation sites (tertiary alicyclic amines) is 2. The van der Waals surface area contributed by atoms with Crippen LogP contribution in [0.3, 0.4) is 0 Å². The Labute approximate surface area is 112 Å². The minimum atomic E-state index is 0.0839. The summed E-state index contributed by atoms with van der Waals surface area (Å²) in [7, 11) is 0. The molecule has 3 nitrogen and oxygen atoms in total. The van der Waals surface area contributed by atoms with Gasteiger partial charge in [-0.25, -0.2) is 0 Å². The molecule has 0 aromatic carbocycles. The minimum absolute atomic E-state index is 0.0839. The number of hydrogen-bond donors (Lipinski definition) is 0. The normalized spacial score (nSPS) is 32.3. The number of rotatable bonds is 2. The summed E-state index contributed by atoms with van der Waals surface area (Å²) in [6.07, 6.45) is 5.17. The van der Waals surface area contributed by atoms with Gasteiger partial charge in [0.25, 0.3) is 0 Å². The fourth-order valence-corrected chi connectivity index (χ4v) is 3.21. The van der Waals surface area contributed by atoms with Crippen molar-refractivity contribution in [3.63, 3.8) is 0 Å². The van der Waals surface area contributed by atoms with Gasteiger partial charge < -0.3 is 4.90 Å². The van der Waals surface area contributed by atoms with Crippen LogP contribution in [0, 0.1) is 11.8 Å². The Kier molecular flexibility index (Phi) is 4.66. The molecule has 2 aliphatic heterocycles. The molecule has 0 saturated carbocycles. The average molecular weight is 252 g/mol. The van der Waals surface area contributed by atoms with Gasteiger partial charge >= 0.3 is 0 Å². The van der Waals surface area contributed by atoms with Crippen LogP contribution in [0.4, 0.5) is 0 Å². The summed E-state index contributed by atoms with van der Waals surface area (Å²) in [6.45, 7) is 10.7. The van der Waals surface area contributed by atoms with Gasteiger partial charge in [-0.1, -0.05) is 26.7 Å². The van der Waals surface area contributed by atoms with Crippen molar-refractivity contribution >= 4 is 5.91 Å². The van der Waals surface area contributed by atoms with Gasteiger partial charge in [-0.2, -0.15) is 0 Å². The molecular weight excluding hydrogens is 224 g/mol. The maximum absolute atomic E-state index is 12.5. The molecule has 2 saturated heterocycles. The smallest absolute Gasteiger partial charge is 0.239 e. The number of carbonyl (C=O) groups excluding carboxylic acids is 1. The molecule has 18 heavy (non-hydrogen) atoms. The minimum Gasteiger partial charge on any atom is -0.341 e. The Morgan fingerprint density at radius 1 is 1.00 bits per heavy atom. The van der Waals surface area contributed by atoms with Crippen LogP contribution < -0.4 is 0 Å². The molecule has 0 aliphatic carbocycles. The molecule has 3 heteroatoms. The van der Waals surface area contributed by atoms with Crippen molar-refractivity contribution in [1.29, 1.82) is 0 Å². The SMILES string of the molecule is C[C@@H]1CN(C(=O)[C@@H](C)N2CCCCCC2)C[C@@H]1C. The zero-order valence-corrected chi connectivity index (χ0v) is 12.2. The van der Waals surface area contributed by atoms with Crippen LogP contribution in [0.5, 0.6) is 0 Å². The van der Waals surface area contributed by atoms with E-state index in [0.717, 1.165) is 26.2 Å². The monoisotopic (exact) mass is 252 g/mol. The van der Waals surface area contributed by atoms with Crippen molar-refractivity contribution < 1.29 is 4.79 Å². The molecule has 2 rings (SSSR count). The lowest BCUT2D eigenvalue weighted by atomic mass is 10.0. The molecule has 0 aromatic heterocycles. The highest BCUT2D eigenvalue weighted by Gasteiger charge is 2.33. The fourth-order valence-electron chi connectivity index (χ4n) is 3.21. The summed E-state index contributed by atoms with van der Waals surface area (Å²) in [6, 6.07) is 0.0839. The van der Waals surface area contributed by atoms with Crippen LogP contribution in [-0.2, 0) is 4.79 Å². The van der Waals surface area contributed by atoms with Crippen molar-refractivity contribution in [1.82, 2.24) is 9.80 Å². The van der Waals surface area contributed by atoms with E-state index in [9.17, 15) is 4.79 Å². The van der Waals surface area contributed by atoms with E-state index in [0.29, 0.717) is 17.7 Å². The van der Waals surface area contributed by atoms with E-state index in [1.165, 1.54) is 25.7 Å². The summed E-state index contributed by atoms with van der Waals surface area (Å²) >= 11 is 0. The van der Waals surface area contributed by atoms with E-state index in [-0.39, 0.29) is 6.04 Å². The molecule has 2 heterocycles. The number of amides is 1. The molecule has 2 fully saturated rings. The van der Waals surface area contributed by atoms with E-state index in [1.807, 2.05) is 0 Å². The molecule has 0 aromatic rings. The maximum Gasteiger partial charge on any atom is 0.239 e. The molecule has 104 valence electrons. The first-order valence-corrected chi connectivity index (χ1v) is 7.62. The second-order valence-corrected chi connectivity index (χ2v) is 6.32. The van der Waals surface area contributed by atoms with Crippen molar-refractivity contribution in [3.05, 3.63) is 0 Å². The molecule has 0 radical (unpaired) electrons. The van der Waals surface area contributed by atoms with E-state index >= 15 is 0 Å². The zero-order chi connectivity index (χ0) is 13.1. The lowest BCUT2D eigenvalue weighted by Crippen LogP contribution is -2.46. The third-order valence-corrected chi connectivity index (χ3v) is 4.85. The first kappa shape index (κ1) is 13.9. The van der Waals surface area contributed by atoms with Gasteiger partial charge in [-0.15, -0.1) is 0 Å². The van der Waals surface area contributed by atoms with E-state index < -0.39 is 0 Å². The van der Waals surface area contributed by atoms with Gasteiger partial charge in [-0.3, -0.25) is 9.69 Å². The first-order valence-electron chi connectivity index (χ1n) is 7.62. The zero-order valence-electron chi connectivity index (χ0n) is 12.2.